The molecule has 5 nitrogen and oxygen atoms in total. The van der Waals surface area contributed by atoms with Crippen LogP contribution in [-0.4, -0.2) is 21.7 Å². The van der Waals surface area contributed by atoms with Gasteiger partial charge in [0.1, 0.15) is 0 Å². The molecule has 0 aliphatic carbocycles. The molecule has 138 valence electrons. The highest BCUT2D eigenvalue weighted by molar-refractivity contribution is 6.33. The largest absolute Gasteiger partial charge is 0.416 e. The van der Waals surface area contributed by atoms with Gasteiger partial charge in [-0.1, -0.05) is 29.8 Å². The van der Waals surface area contributed by atoms with E-state index in [0.29, 0.717) is 5.82 Å². The number of nitrogens with one attached hydrogen (secondary N) is 1. The van der Waals surface area contributed by atoms with Crippen LogP contribution in [0.2, 0.25) is 5.02 Å². The zero-order valence-corrected chi connectivity index (χ0v) is 14.6. The molecule has 0 spiro atoms. The second-order valence-electron chi connectivity index (χ2n) is 5.99. The molecule has 2 aromatic carbocycles. The lowest BCUT2D eigenvalue weighted by Gasteiger charge is -2.18. The van der Waals surface area contributed by atoms with Crippen molar-refractivity contribution in [1.29, 1.82) is 0 Å². The maximum Gasteiger partial charge on any atom is 0.416 e. The van der Waals surface area contributed by atoms with E-state index in [1.54, 1.807) is 0 Å². The first kappa shape index (κ1) is 17.5. The summed E-state index contributed by atoms with van der Waals surface area (Å²) in [4.78, 5) is 6.37. The van der Waals surface area contributed by atoms with E-state index < -0.39 is 11.7 Å². The first-order valence-corrected chi connectivity index (χ1v) is 8.48. The van der Waals surface area contributed by atoms with Gasteiger partial charge in [0.2, 0.25) is 5.95 Å². The molecule has 0 unspecified atom stereocenters. The van der Waals surface area contributed by atoms with E-state index in [0.717, 1.165) is 30.8 Å². The highest BCUT2D eigenvalue weighted by Gasteiger charge is 2.31. The number of hydrogen-bond acceptors (Lipinski definition) is 5. The monoisotopic (exact) mass is 391 g/mol. The lowest BCUT2D eigenvalue weighted by Crippen LogP contribution is -2.16. The molecule has 0 atom stereocenters. The fourth-order valence-electron chi connectivity index (χ4n) is 2.97. The zero-order chi connectivity index (χ0) is 19.0. The molecule has 1 aliphatic heterocycles. The molecule has 27 heavy (non-hydrogen) atoms. The van der Waals surface area contributed by atoms with Crippen LogP contribution in [0.1, 0.15) is 11.1 Å². The van der Waals surface area contributed by atoms with Gasteiger partial charge >= 0.3 is 6.18 Å². The molecule has 9 heteroatoms. The van der Waals surface area contributed by atoms with E-state index in [1.165, 1.54) is 17.8 Å². The number of nitrogens with zero attached hydrogens (tertiary/aromatic N) is 4. The Morgan fingerprint density at radius 3 is 2.74 bits per heavy atom. The Labute approximate surface area is 157 Å². The second-order valence-corrected chi connectivity index (χ2v) is 6.39. The number of anilines is 4. The van der Waals surface area contributed by atoms with Crippen molar-refractivity contribution < 1.29 is 13.2 Å². The Morgan fingerprint density at radius 2 is 1.93 bits per heavy atom. The van der Waals surface area contributed by atoms with Gasteiger partial charge in [0, 0.05) is 12.2 Å². The van der Waals surface area contributed by atoms with Crippen LogP contribution in [0.25, 0.3) is 0 Å². The van der Waals surface area contributed by atoms with E-state index in [-0.39, 0.29) is 16.7 Å². The van der Waals surface area contributed by atoms with Crippen LogP contribution in [0.4, 0.5) is 36.3 Å². The molecule has 0 radical (unpaired) electrons. The lowest BCUT2D eigenvalue weighted by molar-refractivity contribution is -0.137. The van der Waals surface area contributed by atoms with E-state index in [1.807, 2.05) is 29.2 Å². The van der Waals surface area contributed by atoms with Gasteiger partial charge in [0.05, 0.1) is 22.5 Å². The minimum absolute atomic E-state index is 0.0623. The van der Waals surface area contributed by atoms with Gasteiger partial charge < -0.3 is 10.2 Å². The highest BCUT2D eigenvalue weighted by Crippen LogP contribution is 2.35. The minimum atomic E-state index is -4.47. The zero-order valence-electron chi connectivity index (χ0n) is 13.8. The predicted molar refractivity (Wildman–Crippen MR) is 96.7 cm³/mol. The van der Waals surface area contributed by atoms with Gasteiger partial charge in [-0.25, -0.2) is 0 Å². The predicted octanol–water partition coefficient (Wildman–Crippen LogP) is 4.98. The summed E-state index contributed by atoms with van der Waals surface area (Å²) < 4.78 is 38.8. The summed E-state index contributed by atoms with van der Waals surface area (Å²) in [7, 11) is 0. The molecule has 0 saturated carbocycles. The molecule has 0 fully saturated rings. The number of alkyl halides is 3. The summed E-state index contributed by atoms with van der Waals surface area (Å²) in [5, 5.41) is 10.6. The average Bonchev–Trinajstić information content (AvgIpc) is 3.07. The van der Waals surface area contributed by atoms with Gasteiger partial charge in [0.15, 0.2) is 5.82 Å². The third-order valence-electron chi connectivity index (χ3n) is 4.25. The summed E-state index contributed by atoms with van der Waals surface area (Å²) >= 11 is 6.01. The van der Waals surface area contributed by atoms with Crippen molar-refractivity contribution >= 4 is 34.7 Å². The van der Waals surface area contributed by atoms with Gasteiger partial charge in [-0.3, -0.25) is 0 Å². The Morgan fingerprint density at radius 1 is 1.11 bits per heavy atom. The number of halogens is 4. The number of hydrogen-bond donors (Lipinski definition) is 1. The first-order chi connectivity index (χ1) is 12.9. The molecular weight excluding hydrogens is 379 g/mol. The van der Waals surface area contributed by atoms with Gasteiger partial charge in [-0.15, -0.1) is 5.10 Å². The highest BCUT2D eigenvalue weighted by atomic mass is 35.5. The molecule has 1 N–H and O–H groups in total. The van der Waals surface area contributed by atoms with Gasteiger partial charge in [0.25, 0.3) is 0 Å². The maximum atomic E-state index is 12.9. The van der Waals surface area contributed by atoms with Crippen molar-refractivity contribution in [3.05, 3.63) is 64.8 Å². The van der Waals surface area contributed by atoms with Crippen LogP contribution in [0.3, 0.4) is 0 Å². The van der Waals surface area contributed by atoms with Gasteiger partial charge in [-0.2, -0.15) is 23.3 Å². The Kier molecular flexibility index (Phi) is 4.35. The van der Waals surface area contributed by atoms with E-state index in [4.69, 9.17) is 11.6 Å². The number of benzene rings is 2. The molecule has 1 aromatic heterocycles. The maximum absolute atomic E-state index is 12.9. The van der Waals surface area contributed by atoms with Crippen molar-refractivity contribution in [1.82, 2.24) is 15.2 Å². The smallest absolute Gasteiger partial charge is 0.324 e. The van der Waals surface area contributed by atoms with Crippen molar-refractivity contribution in [2.75, 3.05) is 16.8 Å². The summed E-state index contributed by atoms with van der Waals surface area (Å²) in [6.07, 6.45) is -2.08. The summed E-state index contributed by atoms with van der Waals surface area (Å²) in [5.74, 6) is 0.624. The van der Waals surface area contributed by atoms with Crippen molar-refractivity contribution in [2.24, 2.45) is 0 Å². The molecule has 2 heterocycles. The fourth-order valence-corrected chi connectivity index (χ4v) is 3.14. The van der Waals surface area contributed by atoms with Crippen LogP contribution < -0.4 is 10.2 Å². The third-order valence-corrected chi connectivity index (χ3v) is 4.58. The third kappa shape index (κ3) is 3.52. The van der Waals surface area contributed by atoms with Crippen molar-refractivity contribution in [3.63, 3.8) is 0 Å². The molecule has 0 bridgehead atoms. The van der Waals surface area contributed by atoms with Crippen LogP contribution in [-0.2, 0) is 12.6 Å². The summed E-state index contributed by atoms with van der Waals surface area (Å²) in [6.45, 7) is 0.738. The molecular formula is C18H13ClF3N5. The SMILES string of the molecule is FC(F)(F)c1ccc(Cl)c(Nc2nncc(N3CCc4ccccc43)n2)c1. The molecule has 4 rings (SSSR count). The average molecular weight is 392 g/mol. The summed E-state index contributed by atoms with van der Waals surface area (Å²) in [6, 6.07) is 11.0. The Hall–Kier alpha value is -2.87. The number of fused-ring (bicyclic) bond motifs is 1. The summed E-state index contributed by atoms with van der Waals surface area (Å²) in [5.41, 5.74) is 1.48. The first-order valence-electron chi connectivity index (χ1n) is 8.11. The topological polar surface area (TPSA) is 53.9 Å². The van der Waals surface area contributed by atoms with E-state index in [9.17, 15) is 13.2 Å². The van der Waals surface area contributed by atoms with E-state index in [2.05, 4.69) is 20.5 Å². The second kappa shape index (κ2) is 6.70. The van der Waals surface area contributed by atoms with Crippen LogP contribution >= 0.6 is 11.6 Å². The normalized spacial score (nSPS) is 13.6. The molecule has 0 saturated heterocycles. The Bertz CT molecular complexity index is 993. The lowest BCUT2D eigenvalue weighted by atomic mass is 10.2. The van der Waals surface area contributed by atoms with Crippen molar-refractivity contribution in [2.45, 2.75) is 12.6 Å². The standard InChI is InChI=1S/C18H13ClF3N5/c19-13-6-5-12(18(20,21)22)9-14(13)24-17-25-16(10-23-26-17)27-8-7-11-3-1-2-4-15(11)27/h1-6,9-10H,7-8H2,(H,24,25,26). The number of rotatable bonds is 3. The quantitative estimate of drug-likeness (QED) is 0.682. The van der Waals surface area contributed by atoms with E-state index >= 15 is 0 Å². The van der Waals surface area contributed by atoms with Crippen LogP contribution in [0.15, 0.2) is 48.7 Å². The van der Waals surface area contributed by atoms with Crippen LogP contribution in [0, 0.1) is 0 Å². The van der Waals surface area contributed by atoms with Crippen molar-refractivity contribution in [3.8, 4) is 0 Å². The van der Waals surface area contributed by atoms with Gasteiger partial charge in [-0.05, 0) is 36.2 Å². The number of aromatic nitrogens is 3. The molecule has 0 amide bonds. The van der Waals surface area contributed by atoms with Crippen LogP contribution in [0.5, 0.6) is 0 Å². The Balaban J connectivity index is 1.63. The number of para-hydroxylation sites is 1. The minimum Gasteiger partial charge on any atom is -0.324 e. The molecule has 3 aromatic rings. The molecule has 1 aliphatic rings. The fraction of sp³-hybridized carbons (Fsp3) is 0.167.